The van der Waals surface area contributed by atoms with Crippen molar-refractivity contribution in [1.29, 1.82) is 0 Å². The molecular weight excluding hydrogens is 512 g/mol. The third-order valence-electron chi connectivity index (χ3n) is 4.45. The molecule has 3 rings (SSSR count). The Balaban J connectivity index is 1.63. The highest BCUT2D eigenvalue weighted by Crippen LogP contribution is 2.24. The van der Waals surface area contributed by atoms with Gasteiger partial charge in [-0.25, -0.2) is 13.2 Å². The van der Waals surface area contributed by atoms with Crippen molar-refractivity contribution in [2.24, 2.45) is 0 Å². The molecule has 8 nitrogen and oxygen atoms in total. The largest absolute Gasteiger partial charge is 0.452 e. The first-order valence-electron chi connectivity index (χ1n) is 9.38. The molecular formula is C20H20BrClN2O6S. The number of benzene rings is 2. The number of amides is 1. The number of halogens is 2. The number of nitrogens with one attached hydrogen (secondary N) is 2. The number of anilines is 1. The highest BCUT2D eigenvalue weighted by molar-refractivity contribution is 9.10. The summed E-state index contributed by atoms with van der Waals surface area (Å²) < 4.78 is 38.9. The fraction of sp³-hybridized carbons (Fsp3) is 0.300. The molecule has 0 aliphatic carbocycles. The van der Waals surface area contributed by atoms with Gasteiger partial charge in [0.25, 0.3) is 15.9 Å². The Bertz CT molecular complexity index is 1060. The molecule has 1 aliphatic heterocycles. The molecule has 0 aromatic heterocycles. The van der Waals surface area contributed by atoms with E-state index in [0.717, 1.165) is 23.4 Å². The predicted molar refractivity (Wildman–Crippen MR) is 119 cm³/mol. The molecule has 2 N–H and O–H groups in total. The molecule has 1 amide bonds. The van der Waals surface area contributed by atoms with E-state index in [0.29, 0.717) is 18.8 Å². The fourth-order valence-electron chi connectivity index (χ4n) is 2.85. The summed E-state index contributed by atoms with van der Waals surface area (Å²) in [6, 6.07) is 10.2. The number of esters is 1. The van der Waals surface area contributed by atoms with Gasteiger partial charge in [-0.3, -0.25) is 9.52 Å². The van der Waals surface area contributed by atoms with Gasteiger partial charge in [-0.05, 0) is 55.3 Å². The maximum absolute atomic E-state index is 12.7. The second-order valence-electron chi connectivity index (χ2n) is 6.77. The Morgan fingerprint density at radius 3 is 2.61 bits per heavy atom. The monoisotopic (exact) mass is 530 g/mol. The van der Waals surface area contributed by atoms with Crippen LogP contribution in [0.5, 0.6) is 0 Å². The second kappa shape index (κ2) is 10.4. The van der Waals surface area contributed by atoms with E-state index >= 15 is 0 Å². The highest BCUT2D eigenvalue weighted by Gasteiger charge is 2.21. The lowest BCUT2D eigenvalue weighted by molar-refractivity contribution is -0.124. The maximum atomic E-state index is 12.7. The minimum Gasteiger partial charge on any atom is -0.452 e. The molecule has 0 saturated carbocycles. The number of carbonyl (C=O) groups excluding carboxylic acids is 2. The molecule has 2 aromatic rings. The average Bonchev–Trinajstić information content (AvgIpc) is 3.26. The molecule has 1 saturated heterocycles. The Kier molecular flexibility index (Phi) is 7.93. The van der Waals surface area contributed by atoms with Crippen molar-refractivity contribution >= 4 is 55.1 Å². The van der Waals surface area contributed by atoms with Crippen molar-refractivity contribution in [3.05, 3.63) is 57.5 Å². The number of rotatable bonds is 8. The van der Waals surface area contributed by atoms with Crippen LogP contribution in [0.1, 0.15) is 23.2 Å². The quantitative estimate of drug-likeness (QED) is 0.506. The van der Waals surface area contributed by atoms with E-state index in [1.807, 2.05) is 0 Å². The van der Waals surface area contributed by atoms with Gasteiger partial charge >= 0.3 is 5.97 Å². The van der Waals surface area contributed by atoms with Crippen LogP contribution in [-0.4, -0.2) is 46.2 Å². The zero-order chi connectivity index (χ0) is 22.4. The van der Waals surface area contributed by atoms with E-state index < -0.39 is 28.5 Å². The molecule has 1 aliphatic rings. The van der Waals surface area contributed by atoms with Crippen LogP contribution in [0.4, 0.5) is 5.69 Å². The van der Waals surface area contributed by atoms with Gasteiger partial charge < -0.3 is 14.8 Å². The summed E-state index contributed by atoms with van der Waals surface area (Å²) >= 11 is 9.32. The first-order valence-corrected chi connectivity index (χ1v) is 12.0. The fourth-order valence-corrected chi connectivity index (χ4v) is 4.40. The molecule has 11 heteroatoms. The van der Waals surface area contributed by atoms with E-state index in [4.69, 9.17) is 21.1 Å². The normalized spacial score (nSPS) is 16.0. The lowest BCUT2D eigenvalue weighted by Gasteiger charge is -2.12. The molecule has 1 unspecified atom stereocenters. The van der Waals surface area contributed by atoms with Gasteiger partial charge in [-0.1, -0.05) is 27.5 Å². The molecule has 166 valence electrons. The highest BCUT2D eigenvalue weighted by atomic mass is 79.9. The molecule has 31 heavy (non-hydrogen) atoms. The Hall–Kier alpha value is -2.14. The van der Waals surface area contributed by atoms with Crippen LogP contribution in [0, 0.1) is 0 Å². The molecule has 0 radical (unpaired) electrons. The van der Waals surface area contributed by atoms with Crippen molar-refractivity contribution in [3.8, 4) is 0 Å². The maximum Gasteiger partial charge on any atom is 0.340 e. The summed E-state index contributed by atoms with van der Waals surface area (Å²) in [6.45, 7) is 0.493. The van der Waals surface area contributed by atoms with E-state index in [-0.39, 0.29) is 21.6 Å². The van der Waals surface area contributed by atoms with Gasteiger partial charge in [0.2, 0.25) is 0 Å². The van der Waals surface area contributed by atoms with Crippen LogP contribution >= 0.6 is 27.5 Å². The number of ether oxygens (including phenoxy) is 2. The first-order chi connectivity index (χ1) is 14.7. The third kappa shape index (κ3) is 6.67. The molecule has 2 aromatic carbocycles. The van der Waals surface area contributed by atoms with E-state index in [1.165, 1.54) is 12.1 Å². The van der Waals surface area contributed by atoms with Crippen molar-refractivity contribution in [1.82, 2.24) is 5.32 Å². The van der Waals surface area contributed by atoms with Crippen molar-refractivity contribution < 1.29 is 27.5 Å². The van der Waals surface area contributed by atoms with Crippen LogP contribution in [0.3, 0.4) is 0 Å². The van der Waals surface area contributed by atoms with E-state index in [9.17, 15) is 18.0 Å². The number of carbonyl (C=O) groups is 2. The van der Waals surface area contributed by atoms with Crippen LogP contribution in [0.15, 0.2) is 51.8 Å². The standard InChI is InChI=1S/C20H20BrClN2O6S/c21-13-3-5-14(6-4-13)24-31(27,28)16-7-8-18(22)17(10-16)20(26)30-12-19(25)23-11-15-2-1-9-29-15/h3-8,10,15,24H,1-2,9,11-12H2,(H,23,25). The molecule has 0 spiro atoms. The number of sulfonamides is 1. The summed E-state index contributed by atoms with van der Waals surface area (Å²) in [4.78, 5) is 24.1. The van der Waals surface area contributed by atoms with E-state index in [2.05, 4.69) is 26.0 Å². The summed E-state index contributed by atoms with van der Waals surface area (Å²) in [5.41, 5.74) is 0.192. The van der Waals surface area contributed by atoms with E-state index in [1.54, 1.807) is 24.3 Å². The summed E-state index contributed by atoms with van der Waals surface area (Å²) in [5, 5.41) is 2.64. The first kappa shape index (κ1) is 23.5. The molecule has 1 atom stereocenters. The Morgan fingerprint density at radius 1 is 1.19 bits per heavy atom. The second-order valence-corrected chi connectivity index (χ2v) is 9.77. The predicted octanol–water partition coefficient (Wildman–Crippen LogP) is 3.36. The van der Waals surface area contributed by atoms with Gasteiger partial charge in [0, 0.05) is 23.3 Å². The van der Waals surface area contributed by atoms with Gasteiger partial charge in [-0.2, -0.15) is 0 Å². The topological polar surface area (TPSA) is 111 Å². The third-order valence-corrected chi connectivity index (χ3v) is 6.69. The van der Waals surface area contributed by atoms with Crippen LogP contribution in [0.2, 0.25) is 5.02 Å². The van der Waals surface area contributed by atoms with Crippen molar-refractivity contribution in [2.75, 3.05) is 24.5 Å². The van der Waals surface area contributed by atoms with Crippen LogP contribution in [-0.2, 0) is 24.3 Å². The van der Waals surface area contributed by atoms with Gasteiger partial charge in [0.1, 0.15) is 0 Å². The van der Waals surface area contributed by atoms with Crippen molar-refractivity contribution in [3.63, 3.8) is 0 Å². The molecule has 1 fully saturated rings. The molecule has 1 heterocycles. The minimum atomic E-state index is -3.97. The Morgan fingerprint density at radius 2 is 1.94 bits per heavy atom. The number of hydrogen-bond acceptors (Lipinski definition) is 6. The van der Waals surface area contributed by atoms with Crippen LogP contribution < -0.4 is 10.0 Å². The smallest absolute Gasteiger partial charge is 0.340 e. The summed E-state index contributed by atoms with van der Waals surface area (Å²) in [5.74, 6) is -1.39. The average molecular weight is 532 g/mol. The zero-order valence-electron chi connectivity index (χ0n) is 16.3. The minimum absolute atomic E-state index is 0.00681. The van der Waals surface area contributed by atoms with Crippen LogP contribution in [0.25, 0.3) is 0 Å². The SMILES string of the molecule is O=C(COC(=O)c1cc(S(=O)(=O)Nc2ccc(Br)cc2)ccc1Cl)NCC1CCCO1. The lowest BCUT2D eigenvalue weighted by atomic mass is 10.2. The van der Waals surface area contributed by atoms with Gasteiger partial charge in [-0.15, -0.1) is 0 Å². The van der Waals surface area contributed by atoms with Gasteiger partial charge in [0.05, 0.1) is 21.6 Å². The molecule has 0 bridgehead atoms. The summed E-state index contributed by atoms with van der Waals surface area (Å²) in [6.07, 6.45) is 1.78. The van der Waals surface area contributed by atoms with Gasteiger partial charge in [0.15, 0.2) is 6.61 Å². The zero-order valence-corrected chi connectivity index (χ0v) is 19.4. The Labute approximate surface area is 193 Å². The summed E-state index contributed by atoms with van der Waals surface area (Å²) in [7, 11) is -3.97. The number of hydrogen-bond donors (Lipinski definition) is 2. The van der Waals surface area contributed by atoms with Crippen molar-refractivity contribution in [2.45, 2.75) is 23.8 Å². The lowest BCUT2D eigenvalue weighted by Crippen LogP contribution is -2.34.